The quantitative estimate of drug-likeness (QED) is 0.833. The van der Waals surface area contributed by atoms with Gasteiger partial charge in [-0.1, -0.05) is 12.2 Å². The van der Waals surface area contributed by atoms with Crippen LogP contribution in [-0.4, -0.2) is 28.7 Å². The van der Waals surface area contributed by atoms with Crippen molar-refractivity contribution in [2.24, 2.45) is 5.73 Å². The summed E-state index contributed by atoms with van der Waals surface area (Å²) in [6, 6.07) is 2.33. The predicted molar refractivity (Wildman–Crippen MR) is 84.2 cm³/mol. The van der Waals surface area contributed by atoms with Gasteiger partial charge in [-0.2, -0.15) is 0 Å². The lowest BCUT2D eigenvalue weighted by molar-refractivity contribution is 0.0995. The van der Waals surface area contributed by atoms with Gasteiger partial charge in [0.1, 0.15) is 10.8 Å². The molecule has 0 aromatic carbocycles. The topological polar surface area (TPSA) is 60.2 Å². The molecular formula is C15H21N3OS. The maximum absolute atomic E-state index is 5.86. The lowest BCUT2D eigenvalue weighted by Gasteiger charge is -2.22. The maximum Gasteiger partial charge on any atom is 0.136 e. The molecule has 0 bridgehead atoms. The molecule has 108 valence electrons. The highest BCUT2D eigenvalue weighted by atomic mass is 32.1. The lowest BCUT2D eigenvalue weighted by atomic mass is 10.1. The zero-order valence-corrected chi connectivity index (χ0v) is 12.6. The summed E-state index contributed by atoms with van der Waals surface area (Å²) >= 11 is 5.17. The van der Waals surface area contributed by atoms with Crippen LogP contribution in [0.4, 0.5) is 5.82 Å². The monoisotopic (exact) mass is 291 g/mol. The number of pyridine rings is 1. The maximum atomic E-state index is 5.86. The van der Waals surface area contributed by atoms with Gasteiger partial charge in [0.15, 0.2) is 0 Å². The number of nitrogens with one attached hydrogen (secondary N) is 1. The van der Waals surface area contributed by atoms with E-state index in [1.54, 1.807) is 0 Å². The fourth-order valence-corrected chi connectivity index (χ4v) is 3.23. The highest BCUT2D eigenvalue weighted by Crippen LogP contribution is 2.27. The summed E-state index contributed by atoms with van der Waals surface area (Å²) in [5, 5.41) is 3.46. The highest BCUT2D eigenvalue weighted by Gasteiger charge is 2.24. The Morgan fingerprint density at radius 3 is 3.05 bits per heavy atom. The first-order valence-corrected chi connectivity index (χ1v) is 7.76. The molecule has 2 heterocycles. The van der Waals surface area contributed by atoms with Gasteiger partial charge in [-0.25, -0.2) is 4.98 Å². The number of thiocarbonyl (C=S) groups is 1. The minimum atomic E-state index is 0.220. The van der Waals surface area contributed by atoms with Crippen LogP contribution in [-0.2, 0) is 17.6 Å². The molecule has 20 heavy (non-hydrogen) atoms. The number of hydrogen-bond acceptors (Lipinski definition) is 4. The largest absolute Gasteiger partial charge is 0.389 e. The molecule has 2 atom stereocenters. The summed E-state index contributed by atoms with van der Waals surface area (Å²) in [5.41, 5.74) is 9.21. The average Bonchev–Trinajstić information content (AvgIpc) is 3.08. The molecule has 3 N–H and O–H groups in total. The zero-order chi connectivity index (χ0) is 14.1. The Hall–Kier alpha value is -1.20. The molecule has 2 aliphatic rings. The van der Waals surface area contributed by atoms with Crippen molar-refractivity contribution in [1.29, 1.82) is 0 Å². The van der Waals surface area contributed by atoms with Crippen molar-refractivity contribution in [2.75, 3.05) is 11.9 Å². The highest BCUT2D eigenvalue weighted by molar-refractivity contribution is 7.80. The number of nitrogens with zero attached hydrogens (tertiary/aromatic N) is 1. The number of fused-ring (bicyclic) bond motifs is 1. The first-order valence-electron chi connectivity index (χ1n) is 7.36. The van der Waals surface area contributed by atoms with Crippen molar-refractivity contribution >= 4 is 23.0 Å². The summed E-state index contributed by atoms with van der Waals surface area (Å²) in [6.07, 6.45) is 5.79. The summed E-state index contributed by atoms with van der Waals surface area (Å²) in [6.45, 7) is 2.99. The van der Waals surface area contributed by atoms with E-state index in [4.69, 9.17) is 27.7 Å². The number of anilines is 1. The molecule has 1 aliphatic carbocycles. The van der Waals surface area contributed by atoms with E-state index < -0.39 is 0 Å². The molecule has 2 unspecified atom stereocenters. The SMILES string of the molecule is CC(Nc1nc2c(cc1C(N)=S)CCC2)C1CCCO1. The standard InChI is InChI=1S/C15H21N3OS/c1-9(13-6-3-7-19-13)17-15-11(14(16)20)8-10-4-2-5-12(10)18-15/h8-9,13H,2-7H2,1H3,(H2,16,20)(H,17,18). The Labute approximate surface area is 125 Å². The summed E-state index contributed by atoms with van der Waals surface area (Å²) in [4.78, 5) is 5.16. The van der Waals surface area contributed by atoms with Gasteiger partial charge in [0, 0.05) is 12.3 Å². The van der Waals surface area contributed by atoms with E-state index in [9.17, 15) is 0 Å². The molecule has 1 aliphatic heterocycles. The number of nitrogens with two attached hydrogens (primary N) is 1. The van der Waals surface area contributed by atoms with Crippen molar-refractivity contribution in [2.45, 2.75) is 51.2 Å². The molecule has 0 amide bonds. The fraction of sp³-hybridized carbons (Fsp3) is 0.600. The number of ether oxygens (including phenoxy) is 1. The molecular weight excluding hydrogens is 270 g/mol. The van der Waals surface area contributed by atoms with E-state index in [0.717, 1.165) is 43.7 Å². The first-order chi connectivity index (χ1) is 9.65. The van der Waals surface area contributed by atoms with Gasteiger partial charge in [-0.15, -0.1) is 0 Å². The predicted octanol–water partition coefficient (Wildman–Crippen LogP) is 2.18. The van der Waals surface area contributed by atoms with Crippen LogP contribution in [0, 0.1) is 0 Å². The molecule has 1 aromatic heterocycles. The van der Waals surface area contributed by atoms with Gasteiger partial charge < -0.3 is 15.8 Å². The van der Waals surface area contributed by atoms with Crippen LogP contribution < -0.4 is 11.1 Å². The lowest BCUT2D eigenvalue weighted by Crippen LogP contribution is -2.31. The van der Waals surface area contributed by atoms with E-state index >= 15 is 0 Å². The van der Waals surface area contributed by atoms with E-state index in [1.807, 2.05) is 0 Å². The molecule has 0 spiro atoms. The second-order valence-corrected chi connectivity index (χ2v) is 6.13. The molecule has 1 saturated heterocycles. The van der Waals surface area contributed by atoms with Crippen molar-refractivity contribution in [3.8, 4) is 0 Å². The first kappa shape index (κ1) is 13.8. The van der Waals surface area contributed by atoms with Gasteiger partial charge in [0.25, 0.3) is 0 Å². The van der Waals surface area contributed by atoms with Gasteiger partial charge in [0.2, 0.25) is 0 Å². The smallest absolute Gasteiger partial charge is 0.136 e. The minimum absolute atomic E-state index is 0.220. The molecule has 0 saturated carbocycles. The van der Waals surface area contributed by atoms with Crippen molar-refractivity contribution < 1.29 is 4.74 Å². The van der Waals surface area contributed by atoms with Crippen molar-refractivity contribution in [1.82, 2.24) is 4.98 Å². The Bertz CT molecular complexity index is 526. The van der Waals surface area contributed by atoms with Crippen LogP contribution in [0.25, 0.3) is 0 Å². The second kappa shape index (κ2) is 5.66. The zero-order valence-electron chi connectivity index (χ0n) is 11.8. The van der Waals surface area contributed by atoms with Gasteiger partial charge >= 0.3 is 0 Å². The van der Waals surface area contributed by atoms with E-state index in [0.29, 0.717) is 4.99 Å². The Kier molecular flexibility index (Phi) is 3.89. The summed E-state index contributed by atoms with van der Waals surface area (Å²) < 4.78 is 5.73. The van der Waals surface area contributed by atoms with Crippen LogP contribution >= 0.6 is 12.2 Å². The van der Waals surface area contributed by atoms with Crippen LogP contribution in [0.2, 0.25) is 0 Å². The van der Waals surface area contributed by atoms with Crippen LogP contribution in [0.15, 0.2) is 6.07 Å². The summed E-state index contributed by atoms with van der Waals surface area (Å²) in [5.74, 6) is 0.821. The average molecular weight is 291 g/mol. The number of aryl methyl sites for hydroxylation is 2. The third-order valence-corrected chi connectivity index (χ3v) is 4.42. The van der Waals surface area contributed by atoms with Crippen molar-refractivity contribution in [3.63, 3.8) is 0 Å². The molecule has 5 heteroatoms. The van der Waals surface area contributed by atoms with Crippen LogP contribution in [0.3, 0.4) is 0 Å². The normalized spacial score (nSPS) is 22.6. The number of aromatic nitrogens is 1. The van der Waals surface area contributed by atoms with Crippen LogP contribution in [0.1, 0.15) is 43.0 Å². The molecule has 3 rings (SSSR count). The van der Waals surface area contributed by atoms with Gasteiger partial charge in [-0.3, -0.25) is 0 Å². The minimum Gasteiger partial charge on any atom is -0.389 e. The third-order valence-electron chi connectivity index (χ3n) is 4.20. The number of hydrogen-bond donors (Lipinski definition) is 2. The Morgan fingerprint density at radius 2 is 2.35 bits per heavy atom. The molecule has 0 radical (unpaired) electrons. The van der Waals surface area contributed by atoms with Gasteiger partial charge in [-0.05, 0) is 50.7 Å². The van der Waals surface area contributed by atoms with Gasteiger partial charge in [0.05, 0.1) is 17.7 Å². The Balaban J connectivity index is 1.85. The van der Waals surface area contributed by atoms with E-state index in [1.165, 1.54) is 17.7 Å². The van der Waals surface area contributed by atoms with E-state index in [-0.39, 0.29) is 12.1 Å². The molecule has 1 fully saturated rings. The molecule has 1 aromatic rings. The fourth-order valence-electron chi connectivity index (χ4n) is 3.08. The molecule has 4 nitrogen and oxygen atoms in total. The van der Waals surface area contributed by atoms with E-state index in [2.05, 4.69) is 18.3 Å². The van der Waals surface area contributed by atoms with Crippen LogP contribution in [0.5, 0.6) is 0 Å². The Morgan fingerprint density at radius 1 is 1.50 bits per heavy atom. The second-order valence-electron chi connectivity index (χ2n) is 5.69. The van der Waals surface area contributed by atoms with Crippen molar-refractivity contribution in [3.05, 3.63) is 22.9 Å². The third kappa shape index (κ3) is 2.65. The summed E-state index contributed by atoms with van der Waals surface area (Å²) in [7, 11) is 0. The number of rotatable bonds is 4.